The van der Waals surface area contributed by atoms with Crippen LogP contribution in [0, 0.1) is 5.82 Å². The fraction of sp³-hybridized carbons (Fsp3) is 0.467. The zero-order valence-electron chi connectivity index (χ0n) is 12.0. The van der Waals surface area contributed by atoms with Gasteiger partial charge in [-0.2, -0.15) is 0 Å². The molecule has 0 spiro atoms. The van der Waals surface area contributed by atoms with E-state index in [0.717, 1.165) is 37.3 Å². The fourth-order valence-electron chi connectivity index (χ4n) is 2.33. The summed E-state index contributed by atoms with van der Waals surface area (Å²) < 4.78 is 15.5. The smallest absolute Gasteiger partial charge is 0.141 e. The molecule has 1 unspecified atom stereocenters. The van der Waals surface area contributed by atoms with E-state index in [4.69, 9.17) is 0 Å². The average molecular weight is 276 g/mol. The molecule has 0 saturated carbocycles. The number of nitrogens with zero attached hydrogens (tertiary/aromatic N) is 3. The van der Waals surface area contributed by atoms with E-state index in [1.807, 2.05) is 19.3 Å². The quantitative estimate of drug-likeness (QED) is 0.845. The number of rotatable bonds is 7. The first kappa shape index (κ1) is 14.7. The van der Waals surface area contributed by atoms with E-state index in [-0.39, 0.29) is 11.9 Å². The molecule has 0 saturated heterocycles. The van der Waals surface area contributed by atoms with Crippen LogP contribution in [0.25, 0.3) is 0 Å². The molecule has 0 radical (unpaired) electrons. The van der Waals surface area contributed by atoms with Gasteiger partial charge in [0, 0.05) is 37.6 Å². The molecule has 0 aromatic carbocycles. The van der Waals surface area contributed by atoms with Crippen LogP contribution in [0.15, 0.2) is 30.9 Å². The lowest BCUT2D eigenvalue weighted by Crippen LogP contribution is -2.24. The molecule has 5 heteroatoms. The highest BCUT2D eigenvalue weighted by molar-refractivity contribution is 5.17. The summed E-state index contributed by atoms with van der Waals surface area (Å²) in [7, 11) is 0. The monoisotopic (exact) mass is 276 g/mol. The van der Waals surface area contributed by atoms with Crippen LogP contribution in [0.1, 0.15) is 37.7 Å². The molecule has 0 bridgehead atoms. The van der Waals surface area contributed by atoms with Crippen molar-refractivity contribution >= 4 is 0 Å². The van der Waals surface area contributed by atoms with Gasteiger partial charge in [0.2, 0.25) is 0 Å². The highest BCUT2D eigenvalue weighted by Crippen LogP contribution is 2.18. The summed E-state index contributed by atoms with van der Waals surface area (Å²) in [5.74, 6) is 0.712. The highest BCUT2D eigenvalue weighted by atomic mass is 19.1. The van der Waals surface area contributed by atoms with Gasteiger partial charge in [-0.15, -0.1) is 0 Å². The Balaban J connectivity index is 2.18. The SMILES string of the molecule is CCCn1ccnc1CC(NCC)c1cncc(F)c1. The third kappa shape index (κ3) is 3.63. The second-order valence-corrected chi connectivity index (χ2v) is 4.79. The summed E-state index contributed by atoms with van der Waals surface area (Å²) in [5, 5.41) is 3.37. The van der Waals surface area contributed by atoms with Crippen molar-refractivity contribution in [2.75, 3.05) is 6.54 Å². The molecule has 0 aliphatic heterocycles. The van der Waals surface area contributed by atoms with Crippen molar-refractivity contribution in [2.45, 2.75) is 39.3 Å². The molecule has 1 N–H and O–H groups in total. The van der Waals surface area contributed by atoms with Gasteiger partial charge >= 0.3 is 0 Å². The van der Waals surface area contributed by atoms with E-state index in [0.29, 0.717) is 0 Å². The molecule has 2 aromatic heterocycles. The molecule has 108 valence electrons. The Labute approximate surface area is 119 Å². The summed E-state index contributed by atoms with van der Waals surface area (Å²) in [4.78, 5) is 8.35. The molecule has 20 heavy (non-hydrogen) atoms. The number of imidazole rings is 1. The van der Waals surface area contributed by atoms with E-state index in [9.17, 15) is 4.39 Å². The third-order valence-electron chi connectivity index (χ3n) is 3.23. The lowest BCUT2D eigenvalue weighted by Gasteiger charge is -2.18. The lowest BCUT2D eigenvalue weighted by atomic mass is 10.1. The van der Waals surface area contributed by atoms with Crippen molar-refractivity contribution in [1.82, 2.24) is 19.9 Å². The first-order valence-electron chi connectivity index (χ1n) is 7.08. The van der Waals surface area contributed by atoms with E-state index in [1.54, 1.807) is 6.20 Å². The Morgan fingerprint density at radius 1 is 1.35 bits per heavy atom. The predicted molar refractivity (Wildman–Crippen MR) is 76.8 cm³/mol. The number of halogens is 1. The van der Waals surface area contributed by atoms with Crippen molar-refractivity contribution in [2.24, 2.45) is 0 Å². The van der Waals surface area contributed by atoms with E-state index in [1.165, 1.54) is 12.3 Å². The maximum absolute atomic E-state index is 13.3. The van der Waals surface area contributed by atoms with Gasteiger partial charge in [-0.1, -0.05) is 13.8 Å². The van der Waals surface area contributed by atoms with Crippen LogP contribution in [-0.4, -0.2) is 21.1 Å². The summed E-state index contributed by atoms with van der Waals surface area (Å²) in [6.07, 6.45) is 8.54. The minimum Gasteiger partial charge on any atom is -0.335 e. The zero-order valence-corrected chi connectivity index (χ0v) is 12.0. The summed E-state index contributed by atoms with van der Waals surface area (Å²) >= 11 is 0. The minimum absolute atomic E-state index is 0.0289. The molecule has 4 nitrogen and oxygen atoms in total. The molecule has 0 amide bonds. The minimum atomic E-state index is -0.303. The highest BCUT2D eigenvalue weighted by Gasteiger charge is 2.15. The molecule has 0 fully saturated rings. The zero-order chi connectivity index (χ0) is 14.4. The number of pyridine rings is 1. The molecular formula is C15H21FN4. The van der Waals surface area contributed by atoms with Crippen LogP contribution >= 0.6 is 0 Å². The van der Waals surface area contributed by atoms with Gasteiger partial charge in [-0.3, -0.25) is 4.98 Å². The first-order valence-corrected chi connectivity index (χ1v) is 7.08. The van der Waals surface area contributed by atoms with E-state index >= 15 is 0 Å². The van der Waals surface area contributed by atoms with Crippen molar-refractivity contribution in [1.29, 1.82) is 0 Å². The molecule has 0 aliphatic rings. The number of hydrogen-bond donors (Lipinski definition) is 1. The van der Waals surface area contributed by atoms with Crippen molar-refractivity contribution < 1.29 is 4.39 Å². The van der Waals surface area contributed by atoms with Crippen molar-refractivity contribution in [3.8, 4) is 0 Å². The molecular weight excluding hydrogens is 255 g/mol. The van der Waals surface area contributed by atoms with Gasteiger partial charge in [0.25, 0.3) is 0 Å². The fourth-order valence-corrected chi connectivity index (χ4v) is 2.33. The Morgan fingerprint density at radius 2 is 2.20 bits per heavy atom. The second-order valence-electron chi connectivity index (χ2n) is 4.79. The van der Waals surface area contributed by atoms with Gasteiger partial charge in [-0.05, 0) is 24.6 Å². The Bertz CT molecular complexity index is 538. The van der Waals surface area contributed by atoms with Gasteiger partial charge in [0.15, 0.2) is 0 Å². The Morgan fingerprint density at radius 3 is 2.90 bits per heavy atom. The first-order chi connectivity index (χ1) is 9.74. The van der Waals surface area contributed by atoms with Crippen LogP contribution < -0.4 is 5.32 Å². The molecule has 1 atom stereocenters. The van der Waals surface area contributed by atoms with Crippen LogP contribution in [-0.2, 0) is 13.0 Å². The van der Waals surface area contributed by atoms with Crippen LogP contribution in [0.3, 0.4) is 0 Å². The standard InChI is InChI=1S/C15H21FN4/c1-3-6-20-7-5-19-15(20)9-14(18-4-2)12-8-13(16)11-17-10-12/h5,7-8,10-11,14,18H,3-4,6,9H2,1-2H3. The lowest BCUT2D eigenvalue weighted by molar-refractivity contribution is 0.510. The van der Waals surface area contributed by atoms with Crippen LogP contribution in [0.2, 0.25) is 0 Å². The summed E-state index contributed by atoms with van der Waals surface area (Å²) in [6.45, 7) is 5.95. The van der Waals surface area contributed by atoms with Crippen LogP contribution in [0.4, 0.5) is 4.39 Å². The topological polar surface area (TPSA) is 42.7 Å². The predicted octanol–water partition coefficient (Wildman–Crippen LogP) is 2.72. The van der Waals surface area contributed by atoms with Gasteiger partial charge in [0.05, 0.1) is 6.20 Å². The summed E-state index contributed by atoms with van der Waals surface area (Å²) in [5.41, 5.74) is 0.859. The number of nitrogens with one attached hydrogen (secondary N) is 1. The molecule has 0 aliphatic carbocycles. The van der Waals surface area contributed by atoms with Gasteiger partial charge in [0.1, 0.15) is 11.6 Å². The van der Waals surface area contributed by atoms with E-state index in [2.05, 4.69) is 26.8 Å². The Kier molecular flexibility index (Phi) is 5.24. The molecule has 2 rings (SSSR count). The van der Waals surface area contributed by atoms with E-state index < -0.39 is 0 Å². The molecule has 2 aromatic rings. The second kappa shape index (κ2) is 7.14. The van der Waals surface area contributed by atoms with Gasteiger partial charge in [-0.25, -0.2) is 9.37 Å². The van der Waals surface area contributed by atoms with Crippen molar-refractivity contribution in [3.05, 3.63) is 48.1 Å². The summed E-state index contributed by atoms with van der Waals surface area (Å²) in [6, 6.07) is 1.56. The normalized spacial score (nSPS) is 12.6. The molecule has 2 heterocycles. The van der Waals surface area contributed by atoms with Gasteiger partial charge < -0.3 is 9.88 Å². The largest absolute Gasteiger partial charge is 0.335 e. The maximum Gasteiger partial charge on any atom is 0.141 e. The third-order valence-corrected chi connectivity index (χ3v) is 3.23. The maximum atomic E-state index is 13.3. The average Bonchev–Trinajstić information content (AvgIpc) is 2.86. The number of aryl methyl sites for hydroxylation is 1. The van der Waals surface area contributed by atoms with Crippen molar-refractivity contribution in [3.63, 3.8) is 0 Å². The van der Waals surface area contributed by atoms with Crippen LogP contribution in [0.5, 0.6) is 0 Å². The number of aromatic nitrogens is 3. The number of hydrogen-bond acceptors (Lipinski definition) is 3. The number of likely N-dealkylation sites (N-methyl/N-ethyl adjacent to an activating group) is 1. The Hall–Kier alpha value is -1.75.